The summed E-state index contributed by atoms with van der Waals surface area (Å²) in [6.07, 6.45) is 0. The van der Waals surface area contributed by atoms with Crippen molar-refractivity contribution in [2.45, 2.75) is 3.79 Å². The van der Waals surface area contributed by atoms with Crippen LogP contribution in [0.2, 0.25) is 0 Å². The Bertz CT molecular complexity index is 229. The highest BCUT2D eigenvalue weighted by molar-refractivity contribution is 6.66. The number of hydrogen-bond donors (Lipinski definition) is 0. The van der Waals surface area contributed by atoms with Crippen molar-refractivity contribution >= 4 is 34.8 Å². The summed E-state index contributed by atoms with van der Waals surface area (Å²) < 4.78 is 2.86. The topological polar surface area (TPSA) is 38.9 Å². The van der Waals surface area contributed by atoms with E-state index in [9.17, 15) is 0 Å². The van der Waals surface area contributed by atoms with Crippen LogP contribution in [0.15, 0.2) is 4.52 Å². The van der Waals surface area contributed by atoms with Crippen LogP contribution in [-0.4, -0.2) is 10.1 Å². The lowest BCUT2D eigenvalue weighted by atomic mass is 10.7. The van der Waals surface area contributed by atoms with Crippen LogP contribution in [0.5, 0.6) is 0 Å². The van der Waals surface area contributed by atoms with E-state index in [0.29, 0.717) is 0 Å². The van der Waals surface area contributed by atoms with Gasteiger partial charge in [0.1, 0.15) is 0 Å². The average molecular weight is 200 g/mol. The van der Waals surface area contributed by atoms with Crippen LogP contribution >= 0.6 is 34.8 Å². The van der Waals surface area contributed by atoms with Gasteiger partial charge >= 0.3 is 0 Å². The second-order valence-electron chi connectivity index (χ2n) is 1.51. The average Bonchev–Trinajstić information content (AvgIpc) is 2.11. The summed E-state index contributed by atoms with van der Waals surface area (Å²) in [5.74, 6) is 0.129. The molecular formula is C4H2Cl3N2O. The molecule has 55 valence electrons. The second kappa shape index (κ2) is 2.57. The van der Waals surface area contributed by atoms with Gasteiger partial charge in [-0.1, -0.05) is 40.0 Å². The zero-order valence-corrected chi connectivity index (χ0v) is 6.91. The predicted molar refractivity (Wildman–Crippen MR) is 38.0 cm³/mol. The molecule has 0 aliphatic heterocycles. The molecule has 0 fully saturated rings. The zero-order chi connectivity index (χ0) is 7.78. The van der Waals surface area contributed by atoms with Crippen molar-refractivity contribution in [2.24, 2.45) is 0 Å². The van der Waals surface area contributed by atoms with Gasteiger partial charge in [0.25, 0.3) is 9.68 Å². The van der Waals surface area contributed by atoms with Crippen LogP contribution in [0.4, 0.5) is 0 Å². The summed E-state index contributed by atoms with van der Waals surface area (Å²) in [5.41, 5.74) is 0. The van der Waals surface area contributed by atoms with E-state index < -0.39 is 3.79 Å². The van der Waals surface area contributed by atoms with Crippen molar-refractivity contribution in [3.05, 3.63) is 18.6 Å². The van der Waals surface area contributed by atoms with Gasteiger partial charge in [0.2, 0.25) is 0 Å². The molecule has 0 N–H and O–H groups in total. The molecule has 1 rings (SSSR count). The fraction of sp³-hybridized carbons (Fsp3) is 0.250. The number of hydrogen-bond acceptors (Lipinski definition) is 3. The normalized spacial score (nSPS) is 12.0. The van der Waals surface area contributed by atoms with E-state index in [4.69, 9.17) is 34.8 Å². The van der Waals surface area contributed by atoms with Gasteiger partial charge in [-0.2, -0.15) is 4.98 Å². The Labute approximate surface area is 72.3 Å². The van der Waals surface area contributed by atoms with E-state index in [2.05, 4.69) is 21.6 Å². The summed E-state index contributed by atoms with van der Waals surface area (Å²) in [5, 5.41) is 3.33. The molecular weight excluding hydrogens is 198 g/mol. The minimum absolute atomic E-state index is 0.0671. The van der Waals surface area contributed by atoms with Crippen LogP contribution in [0.25, 0.3) is 0 Å². The Morgan fingerprint density at radius 3 is 2.20 bits per heavy atom. The van der Waals surface area contributed by atoms with Crippen LogP contribution in [0, 0.1) is 6.92 Å². The molecule has 0 unspecified atom stereocenters. The van der Waals surface area contributed by atoms with Gasteiger partial charge in [-0.05, 0) is 0 Å². The first-order valence-corrected chi connectivity index (χ1v) is 3.36. The number of rotatable bonds is 0. The third-order valence-corrected chi connectivity index (χ3v) is 1.20. The van der Waals surface area contributed by atoms with Gasteiger partial charge in [0.05, 0.1) is 0 Å². The standard InChI is InChI=1S/C4H2Cl3N2O/c1-2-8-3(10-9-2)4(5,6)7/h1H2. The first-order valence-electron chi connectivity index (χ1n) is 2.23. The Hall–Kier alpha value is 0.01000. The molecule has 0 bridgehead atoms. The van der Waals surface area contributed by atoms with Gasteiger partial charge in [0, 0.05) is 6.92 Å². The molecule has 0 amide bonds. The van der Waals surface area contributed by atoms with E-state index >= 15 is 0 Å². The van der Waals surface area contributed by atoms with Crippen molar-refractivity contribution in [1.82, 2.24) is 10.1 Å². The fourth-order valence-corrected chi connectivity index (χ4v) is 0.599. The SMILES string of the molecule is [CH2]c1noc(C(Cl)(Cl)Cl)n1. The number of nitrogens with zero attached hydrogens (tertiary/aromatic N) is 2. The Balaban J connectivity index is 2.96. The molecule has 10 heavy (non-hydrogen) atoms. The van der Waals surface area contributed by atoms with Crippen LogP contribution in [0.3, 0.4) is 0 Å². The lowest BCUT2D eigenvalue weighted by molar-refractivity contribution is 0.380. The van der Waals surface area contributed by atoms with Crippen molar-refractivity contribution in [3.8, 4) is 0 Å². The van der Waals surface area contributed by atoms with Crippen LogP contribution < -0.4 is 0 Å². The number of aromatic nitrogens is 2. The largest absolute Gasteiger partial charge is 0.335 e. The summed E-state index contributed by atoms with van der Waals surface area (Å²) in [4.78, 5) is 3.60. The quantitative estimate of drug-likeness (QED) is 0.602. The summed E-state index contributed by atoms with van der Waals surface area (Å²) in [7, 11) is 0. The smallest absolute Gasteiger partial charge is 0.278 e. The van der Waals surface area contributed by atoms with Gasteiger partial charge in [-0.3, -0.25) is 0 Å². The highest BCUT2D eigenvalue weighted by Gasteiger charge is 2.29. The van der Waals surface area contributed by atoms with E-state index in [1.54, 1.807) is 0 Å². The molecule has 1 aromatic heterocycles. The van der Waals surface area contributed by atoms with Crippen molar-refractivity contribution in [1.29, 1.82) is 0 Å². The highest BCUT2D eigenvalue weighted by Crippen LogP contribution is 2.36. The molecule has 0 aliphatic rings. The molecule has 6 heteroatoms. The van der Waals surface area contributed by atoms with Crippen LogP contribution in [0.1, 0.15) is 11.7 Å². The van der Waals surface area contributed by atoms with E-state index in [1.165, 1.54) is 0 Å². The number of halogens is 3. The molecule has 1 aromatic rings. The van der Waals surface area contributed by atoms with Crippen molar-refractivity contribution in [3.63, 3.8) is 0 Å². The van der Waals surface area contributed by atoms with Gasteiger partial charge < -0.3 is 4.52 Å². The minimum Gasteiger partial charge on any atom is -0.335 e. The Morgan fingerprint density at radius 1 is 1.40 bits per heavy atom. The van der Waals surface area contributed by atoms with Gasteiger partial charge in [-0.25, -0.2) is 0 Å². The summed E-state index contributed by atoms with van der Waals surface area (Å²) >= 11 is 16.1. The van der Waals surface area contributed by atoms with E-state index in [0.717, 1.165) is 0 Å². The highest BCUT2D eigenvalue weighted by atomic mass is 35.6. The van der Waals surface area contributed by atoms with Gasteiger partial charge in [0.15, 0.2) is 5.82 Å². The molecule has 0 aromatic carbocycles. The second-order valence-corrected chi connectivity index (χ2v) is 3.79. The maximum atomic E-state index is 5.38. The van der Waals surface area contributed by atoms with Crippen molar-refractivity contribution in [2.75, 3.05) is 0 Å². The molecule has 0 aliphatic carbocycles. The summed E-state index contributed by atoms with van der Waals surface area (Å²) in [6, 6.07) is 0. The molecule has 1 radical (unpaired) electrons. The molecule has 1 heterocycles. The first-order chi connectivity index (χ1) is 4.50. The fourth-order valence-electron chi connectivity index (χ4n) is 0.369. The molecule has 0 saturated heterocycles. The predicted octanol–water partition coefficient (Wildman–Crippen LogP) is 2.08. The third kappa shape index (κ3) is 1.75. The molecule has 0 atom stereocenters. The zero-order valence-electron chi connectivity index (χ0n) is 4.64. The van der Waals surface area contributed by atoms with Gasteiger partial charge in [-0.15, -0.1) is 0 Å². The first kappa shape index (κ1) is 8.11. The lowest BCUT2D eigenvalue weighted by Gasteiger charge is -2.00. The number of alkyl halides is 3. The maximum Gasteiger partial charge on any atom is 0.278 e. The summed E-state index contributed by atoms with van der Waals surface area (Å²) in [6.45, 7) is 3.36. The van der Waals surface area contributed by atoms with Crippen molar-refractivity contribution < 1.29 is 4.52 Å². The Kier molecular flexibility index (Phi) is 2.08. The third-order valence-electron chi connectivity index (χ3n) is 0.711. The lowest BCUT2D eigenvalue weighted by Crippen LogP contribution is -1.99. The molecule has 0 spiro atoms. The van der Waals surface area contributed by atoms with Crippen LogP contribution in [-0.2, 0) is 3.79 Å². The molecule has 3 nitrogen and oxygen atoms in total. The minimum atomic E-state index is -1.65. The Morgan fingerprint density at radius 2 is 2.00 bits per heavy atom. The monoisotopic (exact) mass is 199 g/mol. The maximum absolute atomic E-state index is 5.38. The van der Waals surface area contributed by atoms with E-state index in [-0.39, 0.29) is 11.7 Å². The molecule has 0 saturated carbocycles. The van der Waals surface area contributed by atoms with E-state index in [1.807, 2.05) is 0 Å².